The molecule has 0 N–H and O–H groups in total. The molecule has 0 aliphatic rings. The monoisotopic (exact) mass is 699 g/mol. The van der Waals surface area contributed by atoms with Gasteiger partial charge in [-0.1, -0.05) is 103 Å². The van der Waals surface area contributed by atoms with Crippen LogP contribution in [-0.4, -0.2) is 13.7 Å². The van der Waals surface area contributed by atoms with E-state index in [1.807, 2.05) is 36.4 Å². The first kappa shape index (κ1) is 30.7. The van der Waals surface area contributed by atoms with Gasteiger partial charge in [-0.2, -0.15) is 10.5 Å². The van der Waals surface area contributed by atoms with E-state index in [2.05, 4.69) is 165 Å². The summed E-state index contributed by atoms with van der Waals surface area (Å²) in [5.41, 5.74) is 12.7. The third-order valence-electron chi connectivity index (χ3n) is 11.1. The van der Waals surface area contributed by atoms with Gasteiger partial charge in [0, 0.05) is 49.3 Å². The largest absolute Gasteiger partial charge is 0.309 e. The Bertz CT molecular complexity index is 3400. The van der Waals surface area contributed by atoms with Crippen molar-refractivity contribution >= 4 is 65.4 Å². The molecule has 11 aromatic rings. The Labute approximate surface area is 316 Å². The molecule has 0 saturated carbocycles. The number of benzene rings is 8. The maximum Gasteiger partial charge on any atom is 0.101 e. The number of hydrogen-bond donors (Lipinski definition) is 0. The predicted octanol–water partition coefficient (Wildman–Crippen LogP) is 12.4. The van der Waals surface area contributed by atoms with Crippen LogP contribution in [0.1, 0.15) is 11.1 Å². The molecule has 0 atom stereocenters. The van der Waals surface area contributed by atoms with Gasteiger partial charge in [0.2, 0.25) is 0 Å². The van der Waals surface area contributed by atoms with Crippen LogP contribution < -0.4 is 0 Å². The number of nitriles is 2. The van der Waals surface area contributed by atoms with Crippen molar-refractivity contribution in [2.75, 3.05) is 0 Å². The summed E-state index contributed by atoms with van der Waals surface area (Å²) in [6.07, 6.45) is 0. The zero-order chi connectivity index (χ0) is 36.6. The lowest BCUT2D eigenvalue weighted by atomic mass is 10.0. The highest BCUT2D eigenvalue weighted by Crippen LogP contribution is 2.40. The van der Waals surface area contributed by atoms with E-state index < -0.39 is 0 Å². The lowest BCUT2D eigenvalue weighted by Gasteiger charge is -2.16. The van der Waals surface area contributed by atoms with Crippen LogP contribution in [0.5, 0.6) is 0 Å². The molecule has 0 aliphatic heterocycles. The molecule has 0 bridgehead atoms. The SMILES string of the molecule is N#Cc1ccc(-c2ccc(-n3c4ccccc4c4cccc(C#N)c43)cc2)c(-n2c3ccccc3c3cc(-n4c5ccccc5c5ccccc54)ccc32)c1. The fourth-order valence-electron chi connectivity index (χ4n) is 8.76. The second-order valence-electron chi connectivity index (χ2n) is 14.0. The smallest absolute Gasteiger partial charge is 0.101 e. The van der Waals surface area contributed by atoms with Crippen LogP contribution in [0.2, 0.25) is 0 Å². The molecule has 0 fully saturated rings. The molecule has 8 aromatic carbocycles. The van der Waals surface area contributed by atoms with Gasteiger partial charge >= 0.3 is 0 Å². The van der Waals surface area contributed by atoms with Crippen molar-refractivity contribution < 1.29 is 0 Å². The standard InChI is InChI=1S/C50H29N5/c51-30-32-20-26-37(33-21-23-35(24-22-33)54-46-18-7-3-13-40(46)42-15-9-10-34(31-52)50(42)54)49(28-32)55-47-19-8-4-14-41(47)43-29-36(25-27-48(43)55)53-44-16-5-1-11-38(44)39-12-2-6-17-45(39)53/h1-29H. The Morgan fingerprint density at radius 2 is 0.891 bits per heavy atom. The molecule has 55 heavy (non-hydrogen) atoms. The minimum absolute atomic E-state index is 0.595. The van der Waals surface area contributed by atoms with E-state index in [0.717, 1.165) is 71.8 Å². The van der Waals surface area contributed by atoms with E-state index in [1.54, 1.807) is 0 Å². The number of fused-ring (bicyclic) bond motifs is 9. The van der Waals surface area contributed by atoms with Crippen LogP contribution in [0.3, 0.4) is 0 Å². The molecule has 254 valence electrons. The van der Waals surface area contributed by atoms with Crippen molar-refractivity contribution in [1.29, 1.82) is 10.5 Å². The maximum atomic E-state index is 10.1. The quantitative estimate of drug-likeness (QED) is 0.184. The summed E-state index contributed by atoms with van der Waals surface area (Å²) in [6, 6.07) is 66.0. The molecule has 3 aromatic heterocycles. The Hall–Kier alpha value is -7.86. The zero-order valence-electron chi connectivity index (χ0n) is 29.5. The van der Waals surface area contributed by atoms with Gasteiger partial charge in [-0.3, -0.25) is 0 Å². The summed E-state index contributed by atoms with van der Waals surface area (Å²) < 4.78 is 6.85. The van der Waals surface area contributed by atoms with Crippen molar-refractivity contribution in [3.63, 3.8) is 0 Å². The normalized spacial score (nSPS) is 11.6. The first-order valence-corrected chi connectivity index (χ1v) is 18.3. The number of para-hydroxylation sites is 5. The van der Waals surface area contributed by atoms with Crippen LogP contribution >= 0.6 is 0 Å². The van der Waals surface area contributed by atoms with Gasteiger partial charge in [-0.25, -0.2) is 0 Å². The highest BCUT2D eigenvalue weighted by Gasteiger charge is 2.20. The Kier molecular flexibility index (Phi) is 6.61. The number of hydrogen-bond acceptors (Lipinski definition) is 2. The average Bonchev–Trinajstić information content (AvgIpc) is 3.89. The number of aromatic nitrogens is 3. The lowest BCUT2D eigenvalue weighted by Crippen LogP contribution is -1.99. The van der Waals surface area contributed by atoms with E-state index in [1.165, 1.54) is 21.8 Å². The Morgan fingerprint density at radius 3 is 1.53 bits per heavy atom. The van der Waals surface area contributed by atoms with Crippen molar-refractivity contribution in [3.8, 4) is 40.3 Å². The van der Waals surface area contributed by atoms with Gasteiger partial charge < -0.3 is 13.7 Å². The van der Waals surface area contributed by atoms with E-state index in [9.17, 15) is 10.5 Å². The van der Waals surface area contributed by atoms with Gasteiger partial charge in [0.15, 0.2) is 0 Å². The second kappa shape index (κ2) is 11.8. The summed E-state index contributed by atoms with van der Waals surface area (Å²) in [7, 11) is 0. The highest BCUT2D eigenvalue weighted by molar-refractivity contribution is 6.13. The van der Waals surface area contributed by atoms with Crippen molar-refractivity contribution in [2.24, 2.45) is 0 Å². The molecular weight excluding hydrogens is 671 g/mol. The van der Waals surface area contributed by atoms with Crippen LogP contribution in [0.4, 0.5) is 0 Å². The summed E-state index contributed by atoms with van der Waals surface area (Å²) >= 11 is 0. The molecule has 0 unspecified atom stereocenters. The average molecular weight is 700 g/mol. The Balaban J connectivity index is 1.11. The van der Waals surface area contributed by atoms with E-state index in [0.29, 0.717) is 11.1 Å². The first-order valence-electron chi connectivity index (χ1n) is 18.3. The molecule has 0 amide bonds. The highest BCUT2D eigenvalue weighted by atomic mass is 15.0. The number of rotatable bonds is 4. The van der Waals surface area contributed by atoms with E-state index >= 15 is 0 Å². The van der Waals surface area contributed by atoms with Crippen LogP contribution in [-0.2, 0) is 0 Å². The van der Waals surface area contributed by atoms with Gasteiger partial charge in [-0.15, -0.1) is 0 Å². The van der Waals surface area contributed by atoms with E-state index in [4.69, 9.17) is 0 Å². The summed E-state index contributed by atoms with van der Waals surface area (Å²) in [6.45, 7) is 0. The summed E-state index contributed by atoms with van der Waals surface area (Å²) in [4.78, 5) is 0. The molecule has 0 aliphatic carbocycles. The second-order valence-corrected chi connectivity index (χ2v) is 14.0. The lowest BCUT2D eigenvalue weighted by molar-refractivity contribution is 1.16. The van der Waals surface area contributed by atoms with Gasteiger partial charge in [0.1, 0.15) is 6.07 Å². The molecule has 5 heteroatoms. The van der Waals surface area contributed by atoms with Gasteiger partial charge in [0.05, 0.1) is 56.0 Å². The molecule has 5 nitrogen and oxygen atoms in total. The van der Waals surface area contributed by atoms with Crippen LogP contribution in [0.15, 0.2) is 176 Å². The summed E-state index contributed by atoms with van der Waals surface area (Å²) in [5.74, 6) is 0. The molecule has 3 heterocycles. The zero-order valence-corrected chi connectivity index (χ0v) is 29.5. The van der Waals surface area contributed by atoms with Crippen LogP contribution in [0, 0.1) is 22.7 Å². The third-order valence-corrected chi connectivity index (χ3v) is 11.1. The minimum atomic E-state index is 0.595. The Morgan fingerprint density at radius 1 is 0.364 bits per heavy atom. The third kappa shape index (κ3) is 4.45. The molecule has 11 rings (SSSR count). The fourth-order valence-corrected chi connectivity index (χ4v) is 8.76. The van der Waals surface area contributed by atoms with Crippen LogP contribution in [0.25, 0.3) is 93.6 Å². The van der Waals surface area contributed by atoms with Gasteiger partial charge in [-0.05, 0) is 78.4 Å². The predicted molar refractivity (Wildman–Crippen MR) is 224 cm³/mol. The molecule has 0 radical (unpaired) electrons. The summed E-state index contributed by atoms with van der Waals surface area (Å²) in [5, 5.41) is 27.1. The topological polar surface area (TPSA) is 62.4 Å². The first-order chi connectivity index (χ1) is 27.2. The minimum Gasteiger partial charge on any atom is -0.309 e. The maximum absolute atomic E-state index is 10.1. The van der Waals surface area contributed by atoms with Crippen molar-refractivity contribution in [1.82, 2.24) is 13.7 Å². The van der Waals surface area contributed by atoms with Crippen molar-refractivity contribution in [2.45, 2.75) is 0 Å². The molecule has 0 saturated heterocycles. The molecule has 0 spiro atoms. The number of nitrogens with zero attached hydrogens (tertiary/aromatic N) is 5. The van der Waals surface area contributed by atoms with Gasteiger partial charge in [0.25, 0.3) is 0 Å². The molecular formula is C50H29N5. The van der Waals surface area contributed by atoms with E-state index in [-0.39, 0.29) is 0 Å². The fraction of sp³-hybridized carbons (Fsp3) is 0. The van der Waals surface area contributed by atoms with Crippen molar-refractivity contribution in [3.05, 3.63) is 187 Å².